The van der Waals surface area contributed by atoms with Gasteiger partial charge in [0.2, 0.25) is 5.91 Å². The molecule has 0 unspecified atom stereocenters. The van der Waals surface area contributed by atoms with Crippen LogP contribution in [0.15, 0.2) is 48.7 Å². The third-order valence-electron chi connectivity index (χ3n) is 3.66. The molecule has 0 radical (unpaired) electrons. The highest BCUT2D eigenvalue weighted by atomic mass is 35.5. The Bertz CT molecular complexity index is 733. The molecular formula is C18H15ClN2O. The van der Waals surface area contributed by atoms with Crippen molar-refractivity contribution in [2.75, 3.05) is 6.54 Å². The van der Waals surface area contributed by atoms with Crippen molar-refractivity contribution < 1.29 is 4.79 Å². The number of nitrogens with one attached hydrogen (secondary N) is 1. The molecule has 3 nitrogen and oxygen atoms in total. The van der Waals surface area contributed by atoms with Crippen LogP contribution in [-0.2, 0) is 4.79 Å². The number of hydrogen-bond acceptors (Lipinski definition) is 2. The SMILES string of the molecule is O=C(NCC#Cc1ccccn1)[C@@H]1C[C@H]1c1ccccc1Cl. The summed E-state index contributed by atoms with van der Waals surface area (Å²) in [6.07, 6.45) is 2.55. The highest BCUT2D eigenvalue weighted by Gasteiger charge is 2.44. The van der Waals surface area contributed by atoms with Crippen molar-refractivity contribution in [3.8, 4) is 11.8 Å². The molecule has 1 N–H and O–H groups in total. The van der Waals surface area contributed by atoms with Gasteiger partial charge in [0, 0.05) is 17.1 Å². The molecule has 0 saturated heterocycles. The molecule has 1 fully saturated rings. The second-order valence-electron chi connectivity index (χ2n) is 5.20. The minimum Gasteiger partial charge on any atom is -0.345 e. The molecule has 1 aliphatic rings. The average Bonchev–Trinajstić information content (AvgIpc) is 3.33. The second kappa shape index (κ2) is 6.64. The van der Waals surface area contributed by atoms with E-state index in [4.69, 9.17) is 11.6 Å². The van der Waals surface area contributed by atoms with Crippen molar-refractivity contribution >= 4 is 17.5 Å². The maximum absolute atomic E-state index is 12.1. The fourth-order valence-electron chi connectivity index (χ4n) is 2.44. The molecule has 1 saturated carbocycles. The number of hydrogen-bond donors (Lipinski definition) is 1. The van der Waals surface area contributed by atoms with Gasteiger partial charge < -0.3 is 5.32 Å². The first kappa shape index (κ1) is 14.6. The van der Waals surface area contributed by atoms with Crippen LogP contribution in [0.25, 0.3) is 0 Å². The number of rotatable bonds is 3. The Balaban J connectivity index is 1.50. The molecule has 3 rings (SSSR count). The van der Waals surface area contributed by atoms with Gasteiger partial charge in [-0.25, -0.2) is 4.98 Å². The Morgan fingerprint density at radius 1 is 1.27 bits per heavy atom. The van der Waals surface area contributed by atoms with E-state index >= 15 is 0 Å². The Labute approximate surface area is 134 Å². The van der Waals surface area contributed by atoms with Gasteiger partial charge >= 0.3 is 0 Å². The summed E-state index contributed by atoms with van der Waals surface area (Å²) in [5.41, 5.74) is 1.76. The lowest BCUT2D eigenvalue weighted by molar-refractivity contribution is -0.122. The summed E-state index contributed by atoms with van der Waals surface area (Å²) in [6, 6.07) is 13.3. The molecule has 1 aromatic carbocycles. The van der Waals surface area contributed by atoms with Gasteiger partial charge in [-0.15, -0.1) is 0 Å². The first-order chi connectivity index (χ1) is 10.8. The second-order valence-corrected chi connectivity index (χ2v) is 5.61. The summed E-state index contributed by atoms with van der Waals surface area (Å²) >= 11 is 6.16. The lowest BCUT2D eigenvalue weighted by Crippen LogP contribution is -2.25. The van der Waals surface area contributed by atoms with Crippen LogP contribution in [0.1, 0.15) is 23.6 Å². The molecule has 1 amide bonds. The number of halogens is 1. The molecule has 1 heterocycles. The van der Waals surface area contributed by atoms with Gasteiger partial charge in [0.1, 0.15) is 5.69 Å². The number of carbonyl (C=O) groups excluding carboxylic acids is 1. The van der Waals surface area contributed by atoms with Crippen LogP contribution in [0.3, 0.4) is 0 Å². The maximum atomic E-state index is 12.1. The van der Waals surface area contributed by atoms with Crippen LogP contribution < -0.4 is 5.32 Å². The minimum absolute atomic E-state index is 0.0107. The molecule has 0 spiro atoms. The van der Waals surface area contributed by atoms with E-state index in [0.717, 1.165) is 17.0 Å². The zero-order valence-corrected chi connectivity index (χ0v) is 12.7. The monoisotopic (exact) mass is 310 g/mol. The van der Waals surface area contributed by atoms with Gasteiger partial charge in [-0.2, -0.15) is 0 Å². The third kappa shape index (κ3) is 3.47. The smallest absolute Gasteiger partial charge is 0.224 e. The highest BCUT2D eigenvalue weighted by Crippen LogP contribution is 2.49. The molecule has 22 heavy (non-hydrogen) atoms. The van der Waals surface area contributed by atoms with Crippen LogP contribution in [0, 0.1) is 17.8 Å². The summed E-state index contributed by atoms with van der Waals surface area (Å²) in [7, 11) is 0. The van der Waals surface area contributed by atoms with Crippen LogP contribution in [0.4, 0.5) is 0 Å². The van der Waals surface area contributed by atoms with E-state index in [-0.39, 0.29) is 17.7 Å². The lowest BCUT2D eigenvalue weighted by Gasteiger charge is -2.03. The van der Waals surface area contributed by atoms with Crippen LogP contribution in [0.2, 0.25) is 5.02 Å². The van der Waals surface area contributed by atoms with Crippen molar-refractivity contribution in [3.63, 3.8) is 0 Å². The fourth-order valence-corrected chi connectivity index (χ4v) is 2.71. The van der Waals surface area contributed by atoms with E-state index in [0.29, 0.717) is 12.2 Å². The predicted octanol–water partition coefficient (Wildman–Crippen LogP) is 3.01. The van der Waals surface area contributed by atoms with Gasteiger partial charge in [0.25, 0.3) is 0 Å². The summed E-state index contributed by atoms with van der Waals surface area (Å²) < 4.78 is 0. The number of aromatic nitrogens is 1. The molecule has 110 valence electrons. The molecule has 0 bridgehead atoms. The first-order valence-corrected chi connectivity index (χ1v) is 7.55. The summed E-state index contributed by atoms with van der Waals surface area (Å²) in [4.78, 5) is 16.2. The quantitative estimate of drug-likeness (QED) is 0.886. The summed E-state index contributed by atoms with van der Waals surface area (Å²) in [5, 5.41) is 3.58. The molecule has 2 aromatic rings. The van der Waals surface area contributed by atoms with E-state index in [9.17, 15) is 4.79 Å². The van der Waals surface area contributed by atoms with Crippen molar-refractivity contribution in [1.29, 1.82) is 0 Å². The topological polar surface area (TPSA) is 42.0 Å². The van der Waals surface area contributed by atoms with E-state index in [1.165, 1.54) is 0 Å². The normalized spacial score (nSPS) is 19.0. The third-order valence-corrected chi connectivity index (χ3v) is 4.01. The summed E-state index contributed by atoms with van der Waals surface area (Å²) in [5.74, 6) is 6.11. The maximum Gasteiger partial charge on any atom is 0.224 e. The van der Waals surface area contributed by atoms with Gasteiger partial charge in [-0.1, -0.05) is 41.8 Å². The lowest BCUT2D eigenvalue weighted by atomic mass is 10.1. The minimum atomic E-state index is 0.0107. The van der Waals surface area contributed by atoms with Gasteiger partial charge in [-0.3, -0.25) is 4.79 Å². The molecule has 1 aliphatic carbocycles. The van der Waals surface area contributed by atoms with E-state index in [2.05, 4.69) is 22.1 Å². The first-order valence-electron chi connectivity index (χ1n) is 7.18. The van der Waals surface area contributed by atoms with E-state index < -0.39 is 0 Å². The Morgan fingerprint density at radius 3 is 2.86 bits per heavy atom. The van der Waals surface area contributed by atoms with Gasteiger partial charge in [0.05, 0.1) is 6.54 Å². The number of pyridine rings is 1. The Hall–Kier alpha value is -2.31. The summed E-state index contributed by atoms with van der Waals surface area (Å²) in [6.45, 7) is 0.334. The largest absolute Gasteiger partial charge is 0.345 e. The van der Waals surface area contributed by atoms with Crippen LogP contribution in [0.5, 0.6) is 0 Å². The number of carbonyl (C=O) groups is 1. The van der Waals surface area contributed by atoms with E-state index in [1.54, 1.807) is 6.20 Å². The number of amides is 1. The Morgan fingerprint density at radius 2 is 2.09 bits per heavy atom. The van der Waals surface area contributed by atoms with Crippen molar-refractivity contribution in [2.24, 2.45) is 5.92 Å². The van der Waals surface area contributed by atoms with Crippen molar-refractivity contribution in [1.82, 2.24) is 10.3 Å². The molecule has 4 heteroatoms. The van der Waals surface area contributed by atoms with Crippen molar-refractivity contribution in [3.05, 3.63) is 64.9 Å². The molecule has 2 atom stereocenters. The highest BCUT2D eigenvalue weighted by molar-refractivity contribution is 6.31. The zero-order chi connectivity index (χ0) is 15.4. The van der Waals surface area contributed by atoms with Gasteiger partial charge in [0.15, 0.2) is 0 Å². The standard InChI is InChI=1S/C18H15ClN2O/c19-17-9-2-1-8-14(17)15-12-16(15)18(22)21-11-5-7-13-6-3-4-10-20-13/h1-4,6,8-10,15-16H,11-12H2,(H,21,22)/t15-,16+/m0/s1. The molecule has 1 aromatic heterocycles. The predicted molar refractivity (Wildman–Crippen MR) is 86.4 cm³/mol. The number of nitrogens with zero attached hydrogens (tertiary/aromatic N) is 1. The van der Waals surface area contributed by atoms with Crippen LogP contribution >= 0.6 is 11.6 Å². The number of benzene rings is 1. The zero-order valence-electron chi connectivity index (χ0n) is 11.9. The van der Waals surface area contributed by atoms with E-state index in [1.807, 2.05) is 42.5 Å². The van der Waals surface area contributed by atoms with Gasteiger partial charge in [-0.05, 0) is 42.0 Å². The fraction of sp³-hybridized carbons (Fsp3) is 0.222. The average molecular weight is 311 g/mol. The molecular weight excluding hydrogens is 296 g/mol. The molecule has 0 aliphatic heterocycles. The van der Waals surface area contributed by atoms with Crippen molar-refractivity contribution in [2.45, 2.75) is 12.3 Å². The Kier molecular flexibility index (Phi) is 4.41. The van der Waals surface area contributed by atoms with Crippen LogP contribution in [-0.4, -0.2) is 17.4 Å².